The van der Waals surface area contributed by atoms with Crippen LogP contribution in [-0.4, -0.2) is 31.4 Å². The Kier molecular flexibility index (Phi) is 7.98. The first-order valence-corrected chi connectivity index (χ1v) is 7.62. The second kappa shape index (κ2) is 9.47. The van der Waals surface area contributed by atoms with Crippen molar-refractivity contribution in [1.29, 1.82) is 0 Å². The van der Waals surface area contributed by atoms with Crippen molar-refractivity contribution < 1.29 is 14.0 Å². The first kappa shape index (κ1) is 19.4. The summed E-state index contributed by atoms with van der Waals surface area (Å²) in [7, 11) is 0. The summed E-state index contributed by atoms with van der Waals surface area (Å²) in [6.07, 6.45) is 3.29. The number of carbonyl (C=O) groups excluding carboxylic acids is 2. The molecule has 0 aliphatic carbocycles. The van der Waals surface area contributed by atoms with Crippen molar-refractivity contribution in [3.05, 3.63) is 29.6 Å². The molecule has 1 unspecified atom stereocenters. The molecule has 1 heterocycles. The van der Waals surface area contributed by atoms with Crippen molar-refractivity contribution in [2.24, 2.45) is 5.92 Å². The molecular formula is C16H23ClFN3O2. The quantitative estimate of drug-likeness (QED) is 0.768. The number of nitrogens with one attached hydrogen (secondary N) is 3. The minimum absolute atomic E-state index is 0. The molecule has 1 aliphatic rings. The molecule has 5 nitrogen and oxygen atoms in total. The second-order valence-corrected chi connectivity index (χ2v) is 5.63. The van der Waals surface area contributed by atoms with Crippen LogP contribution in [0.1, 0.15) is 36.5 Å². The Morgan fingerprint density at radius 3 is 2.83 bits per heavy atom. The van der Waals surface area contributed by atoms with E-state index in [1.54, 1.807) is 0 Å². The molecule has 2 amide bonds. The van der Waals surface area contributed by atoms with E-state index in [4.69, 9.17) is 0 Å². The minimum atomic E-state index is -0.556. The van der Waals surface area contributed by atoms with E-state index in [1.807, 2.05) is 0 Å². The van der Waals surface area contributed by atoms with E-state index < -0.39 is 5.82 Å². The van der Waals surface area contributed by atoms with Gasteiger partial charge in [-0.25, -0.2) is 4.39 Å². The van der Waals surface area contributed by atoms with Crippen molar-refractivity contribution in [3.8, 4) is 0 Å². The molecule has 2 rings (SSSR count). The summed E-state index contributed by atoms with van der Waals surface area (Å²) in [5, 5.41) is 8.56. The van der Waals surface area contributed by atoms with Gasteiger partial charge in [-0.05, 0) is 56.5 Å². The van der Waals surface area contributed by atoms with Gasteiger partial charge in [0.05, 0.1) is 5.69 Å². The Labute approximate surface area is 141 Å². The number of hydrogen-bond acceptors (Lipinski definition) is 3. The van der Waals surface area contributed by atoms with Gasteiger partial charge in [-0.2, -0.15) is 0 Å². The lowest BCUT2D eigenvalue weighted by molar-refractivity contribution is -0.114. The fraction of sp³-hybridized carbons (Fsp3) is 0.500. The summed E-state index contributed by atoms with van der Waals surface area (Å²) in [6, 6.07) is 3.96. The molecule has 3 N–H and O–H groups in total. The number of anilines is 1. The molecule has 1 fully saturated rings. The molecule has 0 spiro atoms. The van der Waals surface area contributed by atoms with Gasteiger partial charge in [-0.1, -0.05) is 0 Å². The fourth-order valence-corrected chi connectivity index (χ4v) is 2.61. The Bertz CT molecular complexity index is 548. The van der Waals surface area contributed by atoms with Crippen LogP contribution in [0.2, 0.25) is 0 Å². The highest BCUT2D eigenvalue weighted by Gasteiger charge is 2.14. The first-order valence-electron chi connectivity index (χ1n) is 7.62. The number of rotatable bonds is 5. The minimum Gasteiger partial charge on any atom is -0.352 e. The van der Waals surface area contributed by atoms with Crippen LogP contribution in [0, 0.1) is 11.7 Å². The maximum Gasteiger partial charge on any atom is 0.251 e. The van der Waals surface area contributed by atoms with Gasteiger partial charge in [0.2, 0.25) is 5.91 Å². The molecule has 1 atom stereocenters. The molecule has 1 aliphatic heterocycles. The van der Waals surface area contributed by atoms with Crippen LogP contribution >= 0.6 is 12.4 Å². The van der Waals surface area contributed by atoms with Crippen molar-refractivity contribution in [3.63, 3.8) is 0 Å². The zero-order valence-corrected chi connectivity index (χ0v) is 14.0. The van der Waals surface area contributed by atoms with E-state index in [-0.39, 0.29) is 29.9 Å². The molecule has 0 bridgehead atoms. The average Bonchev–Trinajstić information content (AvgIpc) is 2.50. The Balaban J connectivity index is 0.00000264. The van der Waals surface area contributed by atoms with Crippen molar-refractivity contribution in [2.45, 2.75) is 26.2 Å². The number of piperidine rings is 1. The number of amides is 2. The first-order chi connectivity index (χ1) is 10.6. The van der Waals surface area contributed by atoms with E-state index in [2.05, 4.69) is 16.0 Å². The summed E-state index contributed by atoms with van der Waals surface area (Å²) in [5.74, 6) is -0.589. The van der Waals surface area contributed by atoms with Gasteiger partial charge in [0, 0.05) is 19.0 Å². The van der Waals surface area contributed by atoms with Gasteiger partial charge in [0.1, 0.15) is 5.82 Å². The lowest BCUT2D eigenvalue weighted by Crippen LogP contribution is -2.33. The van der Waals surface area contributed by atoms with E-state index >= 15 is 0 Å². The van der Waals surface area contributed by atoms with Crippen LogP contribution in [0.4, 0.5) is 10.1 Å². The number of hydrogen-bond donors (Lipinski definition) is 3. The molecule has 7 heteroatoms. The Hall–Kier alpha value is -1.66. The van der Waals surface area contributed by atoms with Crippen molar-refractivity contribution in [2.75, 3.05) is 25.0 Å². The third-order valence-electron chi connectivity index (χ3n) is 3.78. The van der Waals surface area contributed by atoms with Gasteiger partial charge >= 0.3 is 0 Å². The van der Waals surface area contributed by atoms with Gasteiger partial charge < -0.3 is 16.0 Å². The standard InChI is InChI=1S/C16H22FN3O2.ClH/c1-11(21)20-15-9-13(4-5-14(15)17)16(22)19-8-6-12-3-2-7-18-10-12;/h4-5,9,12,18H,2-3,6-8,10H2,1H3,(H,19,22)(H,20,21);1H. The largest absolute Gasteiger partial charge is 0.352 e. The van der Waals surface area contributed by atoms with Crippen LogP contribution in [0.5, 0.6) is 0 Å². The summed E-state index contributed by atoms with van der Waals surface area (Å²) in [6.45, 7) is 3.96. The Morgan fingerprint density at radius 2 is 2.17 bits per heavy atom. The molecule has 1 saturated heterocycles. The molecule has 128 valence electrons. The summed E-state index contributed by atoms with van der Waals surface area (Å²) in [4.78, 5) is 23.1. The number of halogens is 2. The predicted molar refractivity (Wildman–Crippen MR) is 90.5 cm³/mol. The van der Waals surface area contributed by atoms with Crippen molar-refractivity contribution in [1.82, 2.24) is 10.6 Å². The average molecular weight is 344 g/mol. The van der Waals surface area contributed by atoms with E-state index in [0.29, 0.717) is 18.0 Å². The van der Waals surface area contributed by atoms with E-state index in [0.717, 1.165) is 19.5 Å². The highest BCUT2D eigenvalue weighted by Crippen LogP contribution is 2.17. The normalized spacial score (nSPS) is 17.0. The van der Waals surface area contributed by atoms with Crippen LogP contribution in [0.25, 0.3) is 0 Å². The monoisotopic (exact) mass is 343 g/mol. The van der Waals surface area contributed by atoms with Gasteiger partial charge in [-0.3, -0.25) is 9.59 Å². The van der Waals surface area contributed by atoms with E-state index in [9.17, 15) is 14.0 Å². The lowest BCUT2D eigenvalue weighted by Gasteiger charge is -2.22. The second-order valence-electron chi connectivity index (χ2n) is 5.63. The zero-order valence-electron chi connectivity index (χ0n) is 13.2. The number of carbonyl (C=O) groups is 2. The van der Waals surface area contributed by atoms with Crippen LogP contribution < -0.4 is 16.0 Å². The molecule has 0 saturated carbocycles. The smallest absolute Gasteiger partial charge is 0.251 e. The van der Waals surface area contributed by atoms with Gasteiger partial charge in [0.15, 0.2) is 0 Å². The summed E-state index contributed by atoms with van der Waals surface area (Å²) >= 11 is 0. The highest BCUT2D eigenvalue weighted by atomic mass is 35.5. The van der Waals surface area contributed by atoms with Gasteiger partial charge in [-0.15, -0.1) is 12.4 Å². The molecular weight excluding hydrogens is 321 g/mol. The third-order valence-corrected chi connectivity index (χ3v) is 3.78. The maximum absolute atomic E-state index is 13.5. The molecule has 23 heavy (non-hydrogen) atoms. The molecule has 0 aromatic heterocycles. The van der Waals surface area contributed by atoms with Crippen LogP contribution in [0.3, 0.4) is 0 Å². The predicted octanol–water partition coefficient (Wildman–Crippen LogP) is 2.33. The zero-order chi connectivity index (χ0) is 15.9. The summed E-state index contributed by atoms with van der Waals surface area (Å²) < 4.78 is 13.5. The molecule has 0 radical (unpaired) electrons. The number of benzene rings is 1. The van der Waals surface area contributed by atoms with Crippen LogP contribution in [-0.2, 0) is 4.79 Å². The third kappa shape index (κ3) is 6.15. The highest BCUT2D eigenvalue weighted by molar-refractivity contribution is 5.96. The van der Waals surface area contributed by atoms with Crippen molar-refractivity contribution >= 4 is 29.9 Å². The fourth-order valence-electron chi connectivity index (χ4n) is 2.61. The lowest BCUT2D eigenvalue weighted by atomic mass is 9.96. The van der Waals surface area contributed by atoms with E-state index in [1.165, 1.54) is 38.0 Å². The molecule has 1 aromatic rings. The maximum atomic E-state index is 13.5. The SMILES string of the molecule is CC(=O)Nc1cc(C(=O)NCCC2CCCNC2)ccc1F.Cl. The molecule has 1 aromatic carbocycles. The van der Waals surface area contributed by atoms with Crippen LogP contribution in [0.15, 0.2) is 18.2 Å². The van der Waals surface area contributed by atoms with Gasteiger partial charge in [0.25, 0.3) is 5.91 Å². The topological polar surface area (TPSA) is 70.2 Å². The Morgan fingerprint density at radius 1 is 1.39 bits per heavy atom. The summed E-state index contributed by atoms with van der Waals surface area (Å²) in [5.41, 5.74) is 0.364.